The predicted molar refractivity (Wildman–Crippen MR) is 84.0 cm³/mol. The molecule has 1 amide bonds. The van der Waals surface area contributed by atoms with Crippen LogP contribution in [-0.4, -0.2) is 53.6 Å². The van der Waals surface area contributed by atoms with Crippen LogP contribution in [0.4, 0.5) is 0 Å². The summed E-state index contributed by atoms with van der Waals surface area (Å²) in [4.78, 5) is 16.3. The molecule has 1 saturated heterocycles. The van der Waals surface area contributed by atoms with E-state index in [0.29, 0.717) is 13.1 Å². The number of nitrogens with zero attached hydrogens (tertiary/aromatic N) is 2. The lowest BCUT2D eigenvalue weighted by Gasteiger charge is -2.35. The summed E-state index contributed by atoms with van der Waals surface area (Å²) in [5.74, 6) is 0.124. The third kappa shape index (κ3) is 4.29. The third-order valence-electron chi connectivity index (χ3n) is 4.39. The van der Waals surface area contributed by atoms with Gasteiger partial charge in [0.2, 0.25) is 5.91 Å². The number of likely N-dealkylation sites (N-methyl/N-ethyl adjacent to an activating group) is 1. The zero-order valence-corrected chi connectivity index (χ0v) is 13.1. The predicted octanol–water partition coefficient (Wildman–Crippen LogP) is 1.80. The number of amides is 1. The van der Waals surface area contributed by atoms with Crippen LogP contribution in [0.25, 0.3) is 0 Å². The van der Waals surface area contributed by atoms with Crippen molar-refractivity contribution in [2.45, 2.75) is 38.8 Å². The molecule has 116 valence electrons. The number of aryl methyl sites for hydroxylation is 1. The molecule has 1 aromatic carbocycles. The van der Waals surface area contributed by atoms with Crippen molar-refractivity contribution in [1.82, 2.24) is 9.80 Å². The fourth-order valence-electron chi connectivity index (χ4n) is 2.90. The molecule has 4 heteroatoms. The van der Waals surface area contributed by atoms with E-state index in [4.69, 9.17) is 0 Å². The van der Waals surface area contributed by atoms with Crippen LogP contribution in [0, 0.1) is 6.92 Å². The normalized spacial score (nSPS) is 19.5. The fraction of sp³-hybridized carbons (Fsp3) is 0.588. The molecule has 2 rings (SSSR count). The highest BCUT2D eigenvalue weighted by atomic mass is 16.3. The Kier molecular flexibility index (Phi) is 5.76. The number of benzene rings is 1. The Morgan fingerprint density at radius 2 is 2.14 bits per heavy atom. The van der Waals surface area contributed by atoms with Gasteiger partial charge < -0.3 is 10.0 Å². The maximum atomic E-state index is 12.4. The Labute approximate surface area is 127 Å². The van der Waals surface area contributed by atoms with E-state index in [1.165, 1.54) is 11.1 Å². The van der Waals surface area contributed by atoms with E-state index in [1.807, 2.05) is 19.2 Å². The Morgan fingerprint density at radius 1 is 1.38 bits per heavy atom. The van der Waals surface area contributed by atoms with Crippen molar-refractivity contribution in [2.75, 3.05) is 26.7 Å². The van der Waals surface area contributed by atoms with Gasteiger partial charge in [0.05, 0.1) is 13.2 Å². The zero-order valence-electron chi connectivity index (χ0n) is 13.1. The molecule has 1 fully saturated rings. The van der Waals surface area contributed by atoms with Gasteiger partial charge in [-0.25, -0.2) is 0 Å². The van der Waals surface area contributed by atoms with Crippen molar-refractivity contribution in [3.63, 3.8) is 0 Å². The Morgan fingerprint density at radius 3 is 2.86 bits per heavy atom. The van der Waals surface area contributed by atoms with E-state index in [-0.39, 0.29) is 18.6 Å². The Hall–Kier alpha value is -1.39. The van der Waals surface area contributed by atoms with E-state index in [2.05, 4.69) is 24.0 Å². The van der Waals surface area contributed by atoms with Crippen molar-refractivity contribution >= 4 is 5.91 Å². The summed E-state index contributed by atoms with van der Waals surface area (Å²) in [6, 6.07) is 8.30. The molecule has 1 aliphatic heterocycles. The second kappa shape index (κ2) is 7.57. The summed E-state index contributed by atoms with van der Waals surface area (Å²) in [5.41, 5.74) is 2.40. The minimum atomic E-state index is 0.124. The van der Waals surface area contributed by atoms with E-state index in [0.717, 1.165) is 25.8 Å². The molecular weight excluding hydrogens is 264 g/mol. The van der Waals surface area contributed by atoms with E-state index >= 15 is 0 Å². The Bertz CT molecular complexity index is 476. The number of aliphatic hydroxyl groups excluding tert-OH is 1. The summed E-state index contributed by atoms with van der Waals surface area (Å²) < 4.78 is 0. The average Bonchev–Trinajstić information content (AvgIpc) is 2.50. The van der Waals surface area contributed by atoms with Crippen LogP contribution >= 0.6 is 0 Å². The molecule has 1 unspecified atom stereocenters. The van der Waals surface area contributed by atoms with Crippen LogP contribution in [0.2, 0.25) is 0 Å². The van der Waals surface area contributed by atoms with Crippen molar-refractivity contribution in [3.8, 4) is 0 Å². The number of piperidine rings is 1. The minimum Gasteiger partial charge on any atom is -0.395 e. The van der Waals surface area contributed by atoms with E-state index in [1.54, 1.807) is 4.90 Å². The van der Waals surface area contributed by atoms with Gasteiger partial charge in [0.25, 0.3) is 0 Å². The maximum absolute atomic E-state index is 12.4. The second-order valence-electron chi connectivity index (χ2n) is 5.98. The smallest absolute Gasteiger partial charge is 0.236 e. The van der Waals surface area contributed by atoms with Gasteiger partial charge in [-0.1, -0.05) is 30.7 Å². The molecule has 0 aliphatic carbocycles. The molecule has 1 aromatic rings. The highest BCUT2D eigenvalue weighted by Gasteiger charge is 2.24. The highest BCUT2D eigenvalue weighted by molar-refractivity contribution is 5.78. The van der Waals surface area contributed by atoms with Crippen LogP contribution in [0.15, 0.2) is 24.3 Å². The maximum Gasteiger partial charge on any atom is 0.236 e. The molecule has 0 spiro atoms. The summed E-state index contributed by atoms with van der Waals surface area (Å²) in [6.07, 6.45) is 3.26. The summed E-state index contributed by atoms with van der Waals surface area (Å²) in [6.45, 7) is 4.18. The number of carbonyl (C=O) groups is 1. The number of hydrogen-bond donors (Lipinski definition) is 1. The molecule has 1 heterocycles. The number of carbonyl (C=O) groups excluding carboxylic acids is 1. The Balaban J connectivity index is 1.91. The van der Waals surface area contributed by atoms with Crippen molar-refractivity contribution in [1.29, 1.82) is 0 Å². The average molecular weight is 290 g/mol. The van der Waals surface area contributed by atoms with E-state index in [9.17, 15) is 9.90 Å². The molecular formula is C17H26N2O2. The summed E-state index contributed by atoms with van der Waals surface area (Å²) in [5, 5.41) is 9.42. The minimum absolute atomic E-state index is 0.124. The quantitative estimate of drug-likeness (QED) is 0.899. The third-order valence-corrected chi connectivity index (χ3v) is 4.39. The number of hydrogen-bond acceptors (Lipinski definition) is 3. The lowest BCUT2D eigenvalue weighted by atomic mass is 10.0. The topological polar surface area (TPSA) is 43.8 Å². The summed E-state index contributed by atoms with van der Waals surface area (Å²) in [7, 11) is 1.85. The van der Waals surface area contributed by atoms with Gasteiger partial charge in [-0.15, -0.1) is 0 Å². The molecule has 4 nitrogen and oxygen atoms in total. The monoisotopic (exact) mass is 290 g/mol. The van der Waals surface area contributed by atoms with Crippen molar-refractivity contribution < 1.29 is 9.90 Å². The van der Waals surface area contributed by atoms with Crippen LogP contribution < -0.4 is 0 Å². The largest absolute Gasteiger partial charge is 0.395 e. The standard InChI is InChI=1S/C17H26N2O2/c1-14-7-3-4-8-15(14)11-18(2)17(21)12-19-10-6-5-9-16(19)13-20/h3-4,7-8,16,20H,5-6,9-13H2,1-2H3. The first-order valence-corrected chi connectivity index (χ1v) is 7.75. The van der Waals surface area contributed by atoms with Gasteiger partial charge in [0, 0.05) is 19.6 Å². The summed E-state index contributed by atoms with van der Waals surface area (Å²) >= 11 is 0. The molecule has 1 aliphatic rings. The van der Waals surface area contributed by atoms with Crippen molar-refractivity contribution in [2.24, 2.45) is 0 Å². The molecule has 0 saturated carbocycles. The number of aliphatic hydroxyl groups is 1. The number of rotatable bonds is 5. The first-order chi connectivity index (χ1) is 10.1. The van der Waals surface area contributed by atoms with Crippen molar-refractivity contribution in [3.05, 3.63) is 35.4 Å². The first kappa shape index (κ1) is 16.0. The molecule has 1 N–H and O–H groups in total. The second-order valence-corrected chi connectivity index (χ2v) is 5.98. The van der Waals surface area contributed by atoms with Crippen LogP contribution in [-0.2, 0) is 11.3 Å². The molecule has 0 aromatic heterocycles. The van der Waals surface area contributed by atoms with Gasteiger partial charge in [-0.3, -0.25) is 9.69 Å². The molecule has 21 heavy (non-hydrogen) atoms. The van der Waals surface area contributed by atoms with Gasteiger partial charge in [-0.05, 0) is 37.4 Å². The molecule has 0 radical (unpaired) electrons. The van der Waals surface area contributed by atoms with E-state index < -0.39 is 0 Å². The van der Waals surface area contributed by atoms with Crippen LogP contribution in [0.5, 0.6) is 0 Å². The fourth-order valence-corrected chi connectivity index (χ4v) is 2.90. The molecule has 1 atom stereocenters. The van der Waals surface area contributed by atoms with Crippen LogP contribution in [0.1, 0.15) is 30.4 Å². The van der Waals surface area contributed by atoms with Gasteiger partial charge in [-0.2, -0.15) is 0 Å². The highest BCUT2D eigenvalue weighted by Crippen LogP contribution is 2.17. The SMILES string of the molecule is Cc1ccccc1CN(C)C(=O)CN1CCCCC1CO. The van der Waals surface area contributed by atoms with Gasteiger partial charge in [0.15, 0.2) is 0 Å². The first-order valence-electron chi connectivity index (χ1n) is 7.75. The number of likely N-dealkylation sites (tertiary alicyclic amines) is 1. The van der Waals surface area contributed by atoms with Crippen LogP contribution in [0.3, 0.4) is 0 Å². The lowest BCUT2D eigenvalue weighted by Crippen LogP contribution is -2.47. The zero-order chi connectivity index (χ0) is 15.2. The van der Waals surface area contributed by atoms with Gasteiger partial charge >= 0.3 is 0 Å². The molecule has 0 bridgehead atoms. The lowest BCUT2D eigenvalue weighted by molar-refractivity contribution is -0.132. The van der Waals surface area contributed by atoms with Gasteiger partial charge in [0.1, 0.15) is 0 Å².